The van der Waals surface area contributed by atoms with Gasteiger partial charge in [-0.15, -0.1) is 0 Å². The summed E-state index contributed by atoms with van der Waals surface area (Å²) >= 11 is 0. The van der Waals surface area contributed by atoms with Crippen molar-refractivity contribution in [2.45, 2.75) is 0 Å². The third-order valence-electron chi connectivity index (χ3n) is 3.93. The van der Waals surface area contributed by atoms with Gasteiger partial charge in [0.2, 0.25) is 0 Å². The second-order valence-corrected chi connectivity index (χ2v) is 5.38. The molecule has 0 aliphatic rings. The van der Waals surface area contributed by atoms with Crippen molar-refractivity contribution in [1.82, 2.24) is 0 Å². The molecule has 5 heteroatoms. The third kappa shape index (κ3) is 3.19. The molecular weight excluding hydrogens is 316 g/mol. The highest BCUT2D eigenvalue weighted by atomic mass is 16.6. The molecule has 0 bridgehead atoms. The van der Waals surface area contributed by atoms with Gasteiger partial charge in [0.15, 0.2) is 0 Å². The molecule has 25 heavy (non-hydrogen) atoms. The predicted molar refractivity (Wildman–Crippen MR) is 97.1 cm³/mol. The van der Waals surface area contributed by atoms with Gasteiger partial charge in [-0.2, -0.15) is 5.26 Å². The van der Waals surface area contributed by atoms with Gasteiger partial charge in [-0.1, -0.05) is 42.5 Å². The molecule has 0 saturated heterocycles. The zero-order valence-corrected chi connectivity index (χ0v) is 13.5. The Kier molecular flexibility index (Phi) is 4.44. The van der Waals surface area contributed by atoms with E-state index in [-0.39, 0.29) is 5.69 Å². The molecule has 0 saturated carbocycles. The van der Waals surface area contributed by atoms with Crippen LogP contribution in [0.4, 0.5) is 5.69 Å². The van der Waals surface area contributed by atoms with Crippen molar-refractivity contribution in [3.8, 4) is 11.8 Å². The zero-order chi connectivity index (χ0) is 17.8. The van der Waals surface area contributed by atoms with Crippen LogP contribution in [0.5, 0.6) is 5.75 Å². The molecule has 0 aliphatic heterocycles. The quantitative estimate of drug-likeness (QED) is 0.297. The lowest BCUT2D eigenvalue weighted by Gasteiger charge is -2.10. The lowest BCUT2D eigenvalue weighted by Crippen LogP contribution is -1.92. The van der Waals surface area contributed by atoms with E-state index in [2.05, 4.69) is 6.07 Å². The van der Waals surface area contributed by atoms with Crippen molar-refractivity contribution >= 4 is 28.1 Å². The summed E-state index contributed by atoms with van der Waals surface area (Å²) in [5, 5.41) is 22.5. The van der Waals surface area contributed by atoms with Crippen LogP contribution >= 0.6 is 0 Å². The Morgan fingerprint density at radius 3 is 2.68 bits per heavy atom. The third-order valence-corrected chi connectivity index (χ3v) is 3.93. The molecule has 0 spiro atoms. The zero-order valence-electron chi connectivity index (χ0n) is 13.5. The van der Waals surface area contributed by atoms with E-state index in [9.17, 15) is 15.4 Å². The number of hydrogen-bond acceptors (Lipinski definition) is 4. The van der Waals surface area contributed by atoms with Crippen molar-refractivity contribution in [2.24, 2.45) is 0 Å². The Hall–Kier alpha value is -3.65. The molecule has 0 amide bonds. The van der Waals surface area contributed by atoms with Crippen LogP contribution in [0.2, 0.25) is 0 Å². The minimum absolute atomic E-state index is 0.0523. The number of rotatable bonds is 4. The number of nitro groups is 1. The molecule has 0 atom stereocenters. The summed E-state index contributed by atoms with van der Waals surface area (Å²) in [6, 6.07) is 19.8. The highest BCUT2D eigenvalue weighted by Crippen LogP contribution is 2.32. The molecule has 0 unspecified atom stereocenters. The van der Waals surface area contributed by atoms with Gasteiger partial charge in [-0.3, -0.25) is 10.1 Å². The van der Waals surface area contributed by atoms with Crippen LogP contribution in [-0.4, -0.2) is 12.0 Å². The van der Waals surface area contributed by atoms with Crippen LogP contribution < -0.4 is 4.74 Å². The van der Waals surface area contributed by atoms with E-state index in [4.69, 9.17) is 4.74 Å². The molecule has 0 aliphatic carbocycles. The first kappa shape index (κ1) is 16.2. The van der Waals surface area contributed by atoms with Gasteiger partial charge in [-0.25, -0.2) is 0 Å². The normalized spacial score (nSPS) is 11.1. The van der Waals surface area contributed by atoms with Gasteiger partial charge in [0.1, 0.15) is 5.75 Å². The lowest BCUT2D eigenvalue weighted by molar-refractivity contribution is -0.384. The van der Waals surface area contributed by atoms with Gasteiger partial charge in [-0.05, 0) is 28.5 Å². The Morgan fingerprint density at radius 1 is 1.16 bits per heavy atom. The van der Waals surface area contributed by atoms with Crippen LogP contribution in [0.1, 0.15) is 11.1 Å². The topological polar surface area (TPSA) is 76.2 Å². The lowest BCUT2D eigenvalue weighted by atomic mass is 9.98. The number of fused-ring (bicyclic) bond motifs is 1. The van der Waals surface area contributed by atoms with Gasteiger partial charge in [0.25, 0.3) is 5.69 Å². The van der Waals surface area contributed by atoms with Gasteiger partial charge in [0.05, 0.1) is 23.7 Å². The number of nitriles is 1. The number of allylic oxidation sites excluding steroid dienone is 1. The molecule has 0 aromatic heterocycles. The predicted octanol–water partition coefficient (Wildman–Crippen LogP) is 4.82. The van der Waals surface area contributed by atoms with E-state index in [1.807, 2.05) is 36.4 Å². The molecule has 0 heterocycles. The van der Waals surface area contributed by atoms with Crippen molar-refractivity contribution in [3.63, 3.8) is 0 Å². The molecule has 0 fully saturated rings. The summed E-state index contributed by atoms with van der Waals surface area (Å²) in [6.07, 6.45) is 1.71. The summed E-state index contributed by atoms with van der Waals surface area (Å²) in [6.45, 7) is 0. The molecule has 0 radical (unpaired) electrons. The van der Waals surface area contributed by atoms with Gasteiger partial charge in [0, 0.05) is 17.7 Å². The van der Waals surface area contributed by atoms with Gasteiger partial charge < -0.3 is 4.74 Å². The van der Waals surface area contributed by atoms with Crippen molar-refractivity contribution in [1.29, 1.82) is 5.26 Å². The standard InChI is InChI=1S/C20H14N2O3/c1-25-20-10-9-14-5-2-3-8-18(14)19(20)12-16(13-21)15-6-4-7-17(11-15)22(23)24/h2-12H,1H3. The van der Waals surface area contributed by atoms with Crippen LogP contribution in [0.15, 0.2) is 60.7 Å². The number of ether oxygens (including phenoxy) is 1. The monoisotopic (exact) mass is 330 g/mol. The van der Waals surface area contributed by atoms with E-state index in [1.54, 1.807) is 25.3 Å². The van der Waals surface area contributed by atoms with E-state index in [0.29, 0.717) is 16.9 Å². The fraction of sp³-hybridized carbons (Fsp3) is 0.0500. The first-order valence-corrected chi connectivity index (χ1v) is 7.56. The summed E-state index contributed by atoms with van der Waals surface area (Å²) in [5.41, 5.74) is 1.54. The Bertz CT molecular complexity index is 1030. The molecule has 122 valence electrons. The van der Waals surface area contributed by atoms with Crippen LogP contribution in [0.25, 0.3) is 22.4 Å². The fourth-order valence-corrected chi connectivity index (χ4v) is 2.71. The average molecular weight is 330 g/mol. The fourth-order valence-electron chi connectivity index (χ4n) is 2.71. The van der Waals surface area contributed by atoms with Crippen molar-refractivity contribution in [3.05, 3.63) is 81.9 Å². The Labute approximate surface area is 144 Å². The second kappa shape index (κ2) is 6.85. The molecule has 3 rings (SSSR count). The first-order valence-electron chi connectivity index (χ1n) is 7.56. The van der Waals surface area contributed by atoms with Crippen molar-refractivity contribution in [2.75, 3.05) is 7.11 Å². The smallest absolute Gasteiger partial charge is 0.270 e. The number of methoxy groups -OCH3 is 1. The minimum Gasteiger partial charge on any atom is -0.496 e. The van der Waals surface area contributed by atoms with Crippen LogP contribution in [0.3, 0.4) is 0 Å². The minimum atomic E-state index is -0.475. The van der Waals surface area contributed by atoms with E-state index in [0.717, 1.165) is 16.3 Å². The summed E-state index contributed by atoms with van der Waals surface area (Å²) in [4.78, 5) is 10.5. The number of non-ortho nitro benzene ring substituents is 1. The Balaban J connectivity index is 2.22. The van der Waals surface area contributed by atoms with Crippen LogP contribution in [-0.2, 0) is 0 Å². The second-order valence-electron chi connectivity index (χ2n) is 5.38. The number of nitro benzene ring substituents is 1. The van der Waals surface area contributed by atoms with Crippen LogP contribution in [0, 0.1) is 21.4 Å². The average Bonchev–Trinajstić information content (AvgIpc) is 2.66. The summed E-state index contributed by atoms with van der Waals surface area (Å²) in [7, 11) is 1.57. The molecule has 5 nitrogen and oxygen atoms in total. The highest BCUT2D eigenvalue weighted by molar-refractivity contribution is 6.00. The summed E-state index contributed by atoms with van der Waals surface area (Å²) < 4.78 is 5.43. The molecule has 0 N–H and O–H groups in total. The maximum Gasteiger partial charge on any atom is 0.270 e. The highest BCUT2D eigenvalue weighted by Gasteiger charge is 2.12. The van der Waals surface area contributed by atoms with E-state index < -0.39 is 4.92 Å². The largest absolute Gasteiger partial charge is 0.496 e. The van der Waals surface area contributed by atoms with Gasteiger partial charge >= 0.3 is 0 Å². The number of hydrogen-bond donors (Lipinski definition) is 0. The Morgan fingerprint density at radius 2 is 1.96 bits per heavy atom. The van der Waals surface area contributed by atoms with Crippen molar-refractivity contribution < 1.29 is 9.66 Å². The molecular formula is C20H14N2O3. The molecule has 3 aromatic carbocycles. The number of nitrogens with zero attached hydrogens (tertiary/aromatic N) is 2. The summed E-state index contributed by atoms with van der Waals surface area (Å²) in [5.74, 6) is 0.636. The number of benzene rings is 3. The maximum atomic E-state index is 11.0. The van der Waals surface area contributed by atoms with E-state index >= 15 is 0 Å². The molecule has 3 aromatic rings. The first-order chi connectivity index (χ1) is 12.1. The maximum absolute atomic E-state index is 11.0. The van der Waals surface area contributed by atoms with E-state index in [1.165, 1.54) is 12.1 Å². The SMILES string of the molecule is COc1ccc2ccccc2c1C=C(C#N)c1cccc([N+](=O)[O-])c1.